The van der Waals surface area contributed by atoms with Crippen LogP contribution in [0.3, 0.4) is 0 Å². The minimum Gasteiger partial charge on any atom is -0.481 e. The lowest BCUT2D eigenvalue weighted by Gasteiger charge is -2.21. The third-order valence-corrected chi connectivity index (χ3v) is 5.69. The maximum Gasteiger partial charge on any atom is 0.304 e. The summed E-state index contributed by atoms with van der Waals surface area (Å²) >= 11 is 0. The molecule has 1 amide bonds. The van der Waals surface area contributed by atoms with Crippen molar-refractivity contribution in [2.75, 3.05) is 13.1 Å². The van der Waals surface area contributed by atoms with Crippen LogP contribution in [0, 0.1) is 5.92 Å². The number of likely N-dealkylation sites (tertiary alicyclic amines) is 1. The van der Waals surface area contributed by atoms with Crippen molar-refractivity contribution in [2.45, 2.75) is 76.5 Å². The van der Waals surface area contributed by atoms with Crippen LogP contribution < -0.4 is 0 Å². The molecule has 0 bridgehead atoms. The maximum atomic E-state index is 12.4. The van der Waals surface area contributed by atoms with Gasteiger partial charge in [0.2, 0.25) is 5.89 Å². The van der Waals surface area contributed by atoms with Gasteiger partial charge in [-0.2, -0.15) is 4.98 Å². The first kappa shape index (κ1) is 18.9. The zero-order chi connectivity index (χ0) is 18.4. The molecule has 26 heavy (non-hydrogen) atoms. The van der Waals surface area contributed by atoms with E-state index in [1.807, 2.05) is 0 Å². The smallest absolute Gasteiger partial charge is 0.304 e. The molecular weight excluding hydrogens is 334 g/mol. The summed E-state index contributed by atoms with van der Waals surface area (Å²) in [5.41, 5.74) is 0. The first-order valence-corrected chi connectivity index (χ1v) is 9.98. The molecule has 1 unspecified atom stereocenters. The van der Waals surface area contributed by atoms with Gasteiger partial charge < -0.3 is 14.5 Å². The van der Waals surface area contributed by atoms with Gasteiger partial charge >= 0.3 is 5.97 Å². The number of rotatable bonds is 8. The highest BCUT2D eigenvalue weighted by molar-refractivity contribution is 5.90. The Kier molecular flexibility index (Phi) is 6.63. The van der Waals surface area contributed by atoms with Crippen molar-refractivity contribution < 1.29 is 19.2 Å². The lowest BCUT2D eigenvalue weighted by Crippen LogP contribution is -2.28. The molecule has 3 rings (SSSR count). The van der Waals surface area contributed by atoms with Crippen molar-refractivity contribution in [1.29, 1.82) is 0 Å². The van der Waals surface area contributed by atoms with Crippen molar-refractivity contribution in [3.63, 3.8) is 0 Å². The third-order valence-electron chi connectivity index (χ3n) is 5.69. The monoisotopic (exact) mass is 363 g/mol. The van der Waals surface area contributed by atoms with E-state index in [1.54, 1.807) is 4.90 Å². The van der Waals surface area contributed by atoms with E-state index in [9.17, 15) is 14.7 Å². The van der Waals surface area contributed by atoms with Crippen LogP contribution >= 0.6 is 0 Å². The molecule has 0 radical (unpaired) electrons. The SMILES string of the molecule is O=C(O)CC(CCCC1CCCCC1)c1nc(C(=O)N2CCCC2)no1. The Labute approximate surface area is 154 Å². The number of nitrogens with zero attached hydrogens (tertiary/aromatic N) is 3. The average molecular weight is 363 g/mol. The minimum atomic E-state index is -0.877. The fourth-order valence-electron chi connectivity index (χ4n) is 4.20. The van der Waals surface area contributed by atoms with Gasteiger partial charge in [-0.25, -0.2) is 0 Å². The molecule has 1 aliphatic heterocycles. The quantitative estimate of drug-likeness (QED) is 0.758. The van der Waals surface area contributed by atoms with Crippen LogP contribution in [0.4, 0.5) is 0 Å². The molecule has 7 nitrogen and oxygen atoms in total. The van der Waals surface area contributed by atoms with Gasteiger partial charge in [-0.15, -0.1) is 0 Å². The Hall–Kier alpha value is -1.92. The number of carboxylic acid groups (broad SMARTS) is 1. The van der Waals surface area contributed by atoms with Gasteiger partial charge in [0.25, 0.3) is 11.7 Å². The van der Waals surface area contributed by atoms with Crippen molar-refractivity contribution in [3.8, 4) is 0 Å². The van der Waals surface area contributed by atoms with Gasteiger partial charge in [-0.1, -0.05) is 50.1 Å². The number of hydrogen-bond donors (Lipinski definition) is 1. The highest BCUT2D eigenvalue weighted by Crippen LogP contribution is 2.31. The topological polar surface area (TPSA) is 96.5 Å². The molecular formula is C19H29N3O4. The molecule has 0 aromatic carbocycles. The molecule has 1 atom stereocenters. The first-order chi connectivity index (χ1) is 12.6. The molecule has 2 fully saturated rings. The number of aromatic nitrogens is 2. The van der Waals surface area contributed by atoms with E-state index in [4.69, 9.17) is 4.52 Å². The molecule has 2 aliphatic rings. The predicted octanol–water partition coefficient (Wildman–Crippen LogP) is 3.61. The second-order valence-electron chi connectivity index (χ2n) is 7.69. The average Bonchev–Trinajstić information content (AvgIpc) is 3.33. The van der Waals surface area contributed by atoms with E-state index in [0.29, 0.717) is 12.3 Å². The molecule has 1 aromatic heterocycles. The van der Waals surface area contributed by atoms with Crippen LogP contribution in [0.5, 0.6) is 0 Å². The van der Waals surface area contributed by atoms with Gasteiger partial charge in [0.15, 0.2) is 0 Å². The third kappa shape index (κ3) is 5.05. The van der Waals surface area contributed by atoms with Crippen molar-refractivity contribution >= 4 is 11.9 Å². The lowest BCUT2D eigenvalue weighted by atomic mass is 9.84. The van der Waals surface area contributed by atoms with E-state index in [-0.39, 0.29) is 24.1 Å². The first-order valence-electron chi connectivity index (χ1n) is 9.98. The minimum absolute atomic E-state index is 0.0375. The largest absolute Gasteiger partial charge is 0.481 e. The summed E-state index contributed by atoms with van der Waals surface area (Å²) in [7, 11) is 0. The van der Waals surface area contributed by atoms with E-state index in [2.05, 4.69) is 10.1 Å². The van der Waals surface area contributed by atoms with E-state index < -0.39 is 5.97 Å². The Morgan fingerprint density at radius 2 is 1.88 bits per heavy atom. The van der Waals surface area contributed by atoms with Crippen LogP contribution in [0.1, 0.15) is 93.1 Å². The van der Waals surface area contributed by atoms with Crippen LogP contribution in [-0.4, -0.2) is 45.1 Å². The van der Waals surface area contributed by atoms with Gasteiger partial charge in [-0.3, -0.25) is 9.59 Å². The molecule has 7 heteroatoms. The van der Waals surface area contributed by atoms with Gasteiger partial charge in [-0.05, 0) is 25.2 Å². The molecule has 1 N–H and O–H groups in total. The number of aliphatic carboxylic acids is 1. The molecule has 1 saturated heterocycles. The fourth-order valence-corrected chi connectivity index (χ4v) is 4.20. The molecule has 144 valence electrons. The zero-order valence-corrected chi connectivity index (χ0v) is 15.4. The van der Waals surface area contributed by atoms with Crippen molar-refractivity contribution in [1.82, 2.24) is 15.0 Å². The summed E-state index contributed by atoms with van der Waals surface area (Å²) in [4.78, 5) is 29.6. The van der Waals surface area contributed by atoms with Gasteiger partial charge in [0, 0.05) is 19.0 Å². The standard InChI is InChI=1S/C19H29N3O4/c23-16(24)13-15(10-6-9-14-7-2-1-3-8-14)18-20-17(21-26-18)19(25)22-11-4-5-12-22/h14-15H,1-13H2,(H,23,24). The number of carbonyl (C=O) groups excluding carboxylic acids is 1. The van der Waals surface area contributed by atoms with Crippen LogP contribution in [-0.2, 0) is 4.79 Å². The van der Waals surface area contributed by atoms with E-state index in [1.165, 1.54) is 32.1 Å². The number of carbonyl (C=O) groups is 2. The Morgan fingerprint density at radius 1 is 1.15 bits per heavy atom. The number of amides is 1. The maximum absolute atomic E-state index is 12.4. The second kappa shape index (κ2) is 9.14. The second-order valence-corrected chi connectivity index (χ2v) is 7.69. The van der Waals surface area contributed by atoms with Gasteiger partial charge in [0.1, 0.15) is 0 Å². The Bertz CT molecular complexity index is 604. The lowest BCUT2D eigenvalue weighted by molar-refractivity contribution is -0.137. The molecule has 0 spiro atoms. The predicted molar refractivity (Wildman–Crippen MR) is 94.9 cm³/mol. The number of hydrogen-bond acceptors (Lipinski definition) is 5. The normalized spacial score (nSPS) is 19.6. The van der Waals surface area contributed by atoms with E-state index >= 15 is 0 Å². The molecule has 2 heterocycles. The number of carboxylic acids is 1. The summed E-state index contributed by atoms with van der Waals surface area (Å²) < 4.78 is 5.28. The Morgan fingerprint density at radius 3 is 2.58 bits per heavy atom. The molecule has 1 saturated carbocycles. The van der Waals surface area contributed by atoms with Crippen LogP contribution in [0.25, 0.3) is 0 Å². The summed E-state index contributed by atoms with van der Waals surface area (Å²) in [5, 5.41) is 13.0. The summed E-state index contributed by atoms with van der Waals surface area (Å²) in [6, 6.07) is 0. The molecule has 1 aliphatic carbocycles. The summed E-state index contributed by atoms with van der Waals surface area (Å²) in [5.74, 6) is -0.289. The van der Waals surface area contributed by atoms with Crippen molar-refractivity contribution in [3.05, 3.63) is 11.7 Å². The molecule has 1 aromatic rings. The Balaban J connectivity index is 1.57. The summed E-state index contributed by atoms with van der Waals surface area (Å²) in [6.45, 7) is 1.45. The van der Waals surface area contributed by atoms with Crippen LogP contribution in [0.15, 0.2) is 4.52 Å². The van der Waals surface area contributed by atoms with Crippen LogP contribution in [0.2, 0.25) is 0 Å². The summed E-state index contributed by atoms with van der Waals surface area (Å²) in [6.07, 6.45) is 11.3. The highest BCUT2D eigenvalue weighted by Gasteiger charge is 2.27. The zero-order valence-electron chi connectivity index (χ0n) is 15.4. The fraction of sp³-hybridized carbons (Fsp3) is 0.789. The van der Waals surface area contributed by atoms with E-state index in [0.717, 1.165) is 44.7 Å². The van der Waals surface area contributed by atoms with Gasteiger partial charge in [0.05, 0.1) is 6.42 Å². The highest BCUT2D eigenvalue weighted by atomic mass is 16.5. The van der Waals surface area contributed by atoms with Crippen molar-refractivity contribution in [2.24, 2.45) is 5.92 Å².